The third-order valence-electron chi connectivity index (χ3n) is 6.27. The number of phosphoric ester groups is 1. The molecule has 0 saturated carbocycles. The van der Waals surface area contributed by atoms with E-state index in [-0.39, 0.29) is 6.15 Å². The van der Waals surface area contributed by atoms with E-state index >= 15 is 0 Å². The van der Waals surface area contributed by atoms with E-state index in [1.165, 1.54) is 89.9 Å². The van der Waals surface area contributed by atoms with Gasteiger partial charge in [0.05, 0.1) is 13.2 Å². The molecule has 32 heavy (non-hydrogen) atoms. The second-order valence-electron chi connectivity index (χ2n) is 9.32. The van der Waals surface area contributed by atoms with Gasteiger partial charge in [-0.05, 0) is 18.8 Å². The van der Waals surface area contributed by atoms with Crippen molar-refractivity contribution in [2.75, 3.05) is 13.2 Å². The lowest BCUT2D eigenvalue weighted by molar-refractivity contribution is 0.125. The molecule has 196 valence electrons. The monoisotopic (exact) mass is 479 g/mol. The van der Waals surface area contributed by atoms with Crippen LogP contribution in [0.3, 0.4) is 0 Å². The molecule has 4 N–H and O–H groups in total. The first kappa shape index (κ1) is 34.2. The van der Waals surface area contributed by atoms with E-state index in [0.29, 0.717) is 19.1 Å². The Morgan fingerprint density at radius 3 is 1.44 bits per heavy atom. The number of rotatable bonds is 25. The van der Waals surface area contributed by atoms with Gasteiger partial charge < -0.3 is 11.0 Å². The molecule has 2 atom stereocenters. The lowest BCUT2D eigenvalue weighted by atomic mass is 10.0. The zero-order chi connectivity index (χ0) is 23.0. The van der Waals surface area contributed by atoms with E-state index in [2.05, 4.69) is 20.8 Å². The minimum atomic E-state index is -3.88. The molecule has 0 bridgehead atoms. The summed E-state index contributed by atoms with van der Waals surface area (Å²) in [5, 5.41) is 0. The van der Waals surface area contributed by atoms with E-state index < -0.39 is 7.82 Å². The molecule has 2 unspecified atom stereocenters. The molecule has 0 aromatic rings. The standard InChI is InChI=1S/C26H55O4P.H3N/c1-4-7-9-10-11-12-13-14-15-16-17-18-19-20-21-22-24-29-31(27,28)30-25-26(6-3)23-8-5-2;/h26H,4-25H2,1-3H3,(H,27,28);1H3. The van der Waals surface area contributed by atoms with Crippen LogP contribution in [0.4, 0.5) is 0 Å². The number of unbranched alkanes of at least 4 members (excludes halogenated alkanes) is 16. The maximum absolute atomic E-state index is 12.0. The van der Waals surface area contributed by atoms with Crippen LogP contribution in [0.5, 0.6) is 0 Å². The lowest BCUT2D eigenvalue weighted by Gasteiger charge is -2.17. The average Bonchev–Trinajstić information content (AvgIpc) is 2.76. The fraction of sp³-hybridized carbons (Fsp3) is 1.00. The quantitative estimate of drug-likeness (QED) is 0.100. The van der Waals surface area contributed by atoms with Crippen LogP contribution in [0.15, 0.2) is 0 Å². The van der Waals surface area contributed by atoms with Crippen molar-refractivity contribution in [3.63, 3.8) is 0 Å². The zero-order valence-electron chi connectivity index (χ0n) is 22.0. The van der Waals surface area contributed by atoms with Crippen molar-refractivity contribution < 1.29 is 18.5 Å². The fourth-order valence-corrected chi connectivity index (χ4v) is 4.80. The molecule has 0 aromatic carbocycles. The summed E-state index contributed by atoms with van der Waals surface area (Å²) < 4.78 is 22.3. The Labute approximate surface area is 201 Å². The zero-order valence-corrected chi connectivity index (χ0v) is 22.9. The Kier molecular flexibility index (Phi) is 27.5. The fourth-order valence-electron chi connectivity index (χ4n) is 3.97. The molecule has 0 aliphatic heterocycles. The highest BCUT2D eigenvalue weighted by Gasteiger charge is 2.22. The third kappa shape index (κ3) is 24.7. The molecule has 0 aliphatic carbocycles. The van der Waals surface area contributed by atoms with Gasteiger partial charge in [0.2, 0.25) is 0 Å². The van der Waals surface area contributed by atoms with Gasteiger partial charge in [-0.2, -0.15) is 0 Å². The Bertz CT molecular complexity index is 409. The number of hydrogen-bond acceptors (Lipinski definition) is 4. The van der Waals surface area contributed by atoms with E-state index in [0.717, 1.165) is 38.5 Å². The predicted molar refractivity (Wildman–Crippen MR) is 140 cm³/mol. The molecule has 0 aromatic heterocycles. The summed E-state index contributed by atoms with van der Waals surface area (Å²) in [6.45, 7) is 7.18. The van der Waals surface area contributed by atoms with Crippen molar-refractivity contribution in [1.82, 2.24) is 6.15 Å². The van der Waals surface area contributed by atoms with E-state index in [4.69, 9.17) is 9.05 Å². The van der Waals surface area contributed by atoms with Gasteiger partial charge in [-0.3, -0.25) is 9.05 Å². The van der Waals surface area contributed by atoms with Gasteiger partial charge in [0.15, 0.2) is 0 Å². The molecular weight excluding hydrogens is 421 g/mol. The molecular formula is C26H58NO4P. The van der Waals surface area contributed by atoms with Gasteiger partial charge in [-0.1, -0.05) is 136 Å². The highest BCUT2D eigenvalue weighted by molar-refractivity contribution is 7.47. The predicted octanol–water partition coefficient (Wildman–Crippen LogP) is 9.76. The molecule has 0 spiro atoms. The van der Waals surface area contributed by atoms with Crippen molar-refractivity contribution in [3.8, 4) is 0 Å². The van der Waals surface area contributed by atoms with Crippen molar-refractivity contribution >= 4 is 7.82 Å². The molecule has 0 amide bonds. The Morgan fingerprint density at radius 1 is 0.625 bits per heavy atom. The van der Waals surface area contributed by atoms with E-state index in [9.17, 15) is 9.46 Å². The molecule has 0 fully saturated rings. The van der Waals surface area contributed by atoms with Crippen molar-refractivity contribution in [2.45, 2.75) is 149 Å². The Hall–Kier alpha value is 0.0700. The summed E-state index contributed by atoms with van der Waals surface area (Å²) in [6, 6.07) is 0. The molecule has 0 saturated heterocycles. The number of phosphoric acid groups is 1. The summed E-state index contributed by atoms with van der Waals surface area (Å²) in [5.41, 5.74) is 0. The lowest BCUT2D eigenvalue weighted by Crippen LogP contribution is -2.09. The van der Waals surface area contributed by atoms with Crippen LogP contribution in [-0.2, 0) is 13.6 Å². The summed E-state index contributed by atoms with van der Waals surface area (Å²) in [4.78, 5) is 9.82. The summed E-state index contributed by atoms with van der Waals surface area (Å²) in [6.07, 6.45) is 25.4. The van der Waals surface area contributed by atoms with E-state index in [1.807, 2.05) is 0 Å². The maximum Gasteiger partial charge on any atom is 0.472 e. The van der Waals surface area contributed by atoms with Crippen LogP contribution < -0.4 is 6.15 Å². The smallest absolute Gasteiger partial charge is 0.344 e. The molecule has 0 heterocycles. The van der Waals surface area contributed by atoms with Crippen LogP contribution in [0.1, 0.15) is 149 Å². The van der Waals surface area contributed by atoms with Crippen LogP contribution in [-0.4, -0.2) is 18.1 Å². The first-order chi connectivity index (χ1) is 15.1. The van der Waals surface area contributed by atoms with Gasteiger partial charge in [-0.15, -0.1) is 0 Å². The van der Waals surface area contributed by atoms with Gasteiger partial charge in [-0.25, -0.2) is 4.57 Å². The largest absolute Gasteiger partial charge is 0.472 e. The van der Waals surface area contributed by atoms with Crippen molar-refractivity contribution in [2.24, 2.45) is 5.92 Å². The average molecular weight is 480 g/mol. The van der Waals surface area contributed by atoms with Gasteiger partial charge in [0.1, 0.15) is 0 Å². The van der Waals surface area contributed by atoms with Crippen molar-refractivity contribution in [3.05, 3.63) is 0 Å². The van der Waals surface area contributed by atoms with Crippen LogP contribution in [0.25, 0.3) is 0 Å². The van der Waals surface area contributed by atoms with Gasteiger partial charge in [0.25, 0.3) is 0 Å². The van der Waals surface area contributed by atoms with Crippen LogP contribution in [0.2, 0.25) is 0 Å². The van der Waals surface area contributed by atoms with E-state index in [1.54, 1.807) is 0 Å². The third-order valence-corrected chi connectivity index (χ3v) is 7.25. The van der Waals surface area contributed by atoms with Gasteiger partial charge >= 0.3 is 7.82 Å². The Balaban J connectivity index is 0. The molecule has 0 aliphatic rings. The van der Waals surface area contributed by atoms with Crippen LogP contribution in [0, 0.1) is 5.92 Å². The number of hydrogen-bond donors (Lipinski definition) is 2. The summed E-state index contributed by atoms with van der Waals surface area (Å²) in [7, 11) is -3.88. The highest BCUT2D eigenvalue weighted by atomic mass is 31.2. The summed E-state index contributed by atoms with van der Waals surface area (Å²) >= 11 is 0. The molecule has 5 nitrogen and oxygen atoms in total. The first-order valence-electron chi connectivity index (χ1n) is 13.7. The van der Waals surface area contributed by atoms with Gasteiger partial charge in [0, 0.05) is 0 Å². The normalized spacial score (nSPS) is 14.1. The van der Waals surface area contributed by atoms with Crippen LogP contribution >= 0.6 is 7.82 Å². The second kappa shape index (κ2) is 25.7. The molecule has 0 radical (unpaired) electrons. The summed E-state index contributed by atoms with van der Waals surface area (Å²) in [5.74, 6) is 0.347. The molecule has 0 rings (SSSR count). The topological polar surface area (TPSA) is 90.8 Å². The van der Waals surface area contributed by atoms with Crippen molar-refractivity contribution in [1.29, 1.82) is 0 Å². The minimum Gasteiger partial charge on any atom is -0.344 e. The maximum atomic E-state index is 12.0. The SMILES string of the molecule is CCCCCCCCCCCCCCCCCCOP(=O)(O)OCC(CC)CCCC.N. The first-order valence-corrected chi connectivity index (χ1v) is 15.2. The minimum absolute atomic E-state index is 0. The Morgan fingerprint density at radius 2 is 1.03 bits per heavy atom. The molecule has 6 heteroatoms. The highest BCUT2D eigenvalue weighted by Crippen LogP contribution is 2.44. The second-order valence-corrected chi connectivity index (χ2v) is 10.8.